The number of halogens is 1. The van der Waals surface area contributed by atoms with Crippen LogP contribution in [0.5, 0.6) is 5.75 Å². The largest absolute Gasteiger partial charge is 0.495 e. The lowest BCUT2D eigenvalue weighted by atomic mass is 10.1. The molecular weight excluding hydrogens is 378 g/mol. The third-order valence-electron chi connectivity index (χ3n) is 5.09. The van der Waals surface area contributed by atoms with E-state index >= 15 is 0 Å². The molecule has 3 heterocycles. The number of pyridine rings is 1. The van der Waals surface area contributed by atoms with Crippen LogP contribution in [0, 0.1) is 0 Å². The second-order valence-electron chi connectivity index (χ2n) is 6.77. The van der Waals surface area contributed by atoms with E-state index in [1.807, 2.05) is 17.0 Å². The van der Waals surface area contributed by atoms with Gasteiger partial charge < -0.3 is 19.5 Å². The van der Waals surface area contributed by atoms with Crippen molar-refractivity contribution in [2.75, 3.05) is 25.5 Å². The number of amides is 2. The van der Waals surface area contributed by atoms with Crippen molar-refractivity contribution in [1.82, 2.24) is 19.4 Å². The van der Waals surface area contributed by atoms with Crippen molar-refractivity contribution in [3.05, 3.63) is 47.4 Å². The number of carbonyl (C=O) groups is 1. The highest BCUT2D eigenvalue weighted by molar-refractivity contribution is 6.32. The number of carbonyl (C=O) groups excluding carboxylic acids is 1. The monoisotopic (exact) mass is 399 g/mol. The molecule has 0 bridgehead atoms. The number of imidazole rings is 1. The van der Waals surface area contributed by atoms with Gasteiger partial charge in [-0.3, -0.25) is 0 Å². The number of hydrogen-bond donors (Lipinski definition) is 1. The van der Waals surface area contributed by atoms with Crippen LogP contribution in [0.4, 0.5) is 10.5 Å². The zero-order valence-corrected chi connectivity index (χ0v) is 16.6. The van der Waals surface area contributed by atoms with Crippen LogP contribution in [-0.2, 0) is 6.54 Å². The molecule has 1 aliphatic heterocycles. The summed E-state index contributed by atoms with van der Waals surface area (Å²) in [5.74, 6) is 1.77. The van der Waals surface area contributed by atoms with Crippen molar-refractivity contribution in [3.8, 4) is 5.75 Å². The van der Waals surface area contributed by atoms with Crippen LogP contribution in [0.25, 0.3) is 11.2 Å². The van der Waals surface area contributed by atoms with Gasteiger partial charge in [0.05, 0.1) is 12.1 Å². The Morgan fingerprint density at radius 3 is 3.00 bits per heavy atom. The average molecular weight is 400 g/mol. The number of benzene rings is 1. The third kappa shape index (κ3) is 3.38. The van der Waals surface area contributed by atoms with Crippen LogP contribution in [0.1, 0.15) is 25.1 Å². The summed E-state index contributed by atoms with van der Waals surface area (Å²) in [6.07, 6.45) is 2.66. The van der Waals surface area contributed by atoms with Crippen LogP contribution < -0.4 is 10.1 Å². The van der Waals surface area contributed by atoms with E-state index in [1.54, 1.807) is 31.5 Å². The molecule has 2 amide bonds. The van der Waals surface area contributed by atoms with Crippen LogP contribution in [0.3, 0.4) is 0 Å². The molecule has 0 spiro atoms. The lowest BCUT2D eigenvalue weighted by Gasteiger charge is -2.18. The second-order valence-corrected chi connectivity index (χ2v) is 7.18. The van der Waals surface area contributed by atoms with Crippen LogP contribution >= 0.6 is 11.6 Å². The van der Waals surface area contributed by atoms with Gasteiger partial charge in [-0.05, 0) is 43.7 Å². The Bertz CT molecular complexity index is 1020. The Morgan fingerprint density at radius 1 is 1.39 bits per heavy atom. The number of methoxy groups -OCH3 is 1. The van der Waals surface area contributed by atoms with Gasteiger partial charge in [0.25, 0.3) is 0 Å². The van der Waals surface area contributed by atoms with E-state index in [1.165, 1.54) is 0 Å². The molecule has 0 aliphatic carbocycles. The Balaban J connectivity index is 1.48. The Labute approximate surface area is 168 Å². The zero-order chi connectivity index (χ0) is 19.7. The van der Waals surface area contributed by atoms with Crippen molar-refractivity contribution in [2.45, 2.75) is 25.8 Å². The van der Waals surface area contributed by atoms with E-state index in [0.717, 1.165) is 30.0 Å². The molecule has 1 fully saturated rings. The van der Waals surface area contributed by atoms with E-state index in [4.69, 9.17) is 21.3 Å². The first kappa shape index (κ1) is 18.6. The smallest absolute Gasteiger partial charge is 0.321 e. The first-order valence-electron chi connectivity index (χ1n) is 9.31. The van der Waals surface area contributed by atoms with Crippen molar-refractivity contribution < 1.29 is 9.53 Å². The fraction of sp³-hybridized carbons (Fsp3) is 0.350. The van der Waals surface area contributed by atoms with E-state index < -0.39 is 0 Å². The molecule has 7 nitrogen and oxygen atoms in total. The quantitative estimate of drug-likeness (QED) is 0.715. The molecule has 1 aliphatic rings. The summed E-state index contributed by atoms with van der Waals surface area (Å²) >= 11 is 6.14. The van der Waals surface area contributed by atoms with Gasteiger partial charge in [-0.25, -0.2) is 14.8 Å². The van der Waals surface area contributed by atoms with Gasteiger partial charge in [-0.1, -0.05) is 11.6 Å². The van der Waals surface area contributed by atoms with E-state index in [-0.39, 0.29) is 11.9 Å². The highest BCUT2D eigenvalue weighted by atomic mass is 35.5. The van der Waals surface area contributed by atoms with Crippen LogP contribution in [0.15, 0.2) is 36.5 Å². The maximum atomic E-state index is 12.7. The molecule has 4 rings (SSSR count). The number of hydrogen-bond acceptors (Lipinski definition) is 4. The maximum Gasteiger partial charge on any atom is 0.321 e. The first-order chi connectivity index (χ1) is 13.6. The van der Waals surface area contributed by atoms with Gasteiger partial charge in [-0.2, -0.15) is 0 Å². The molecule has 146 valence electrons. The summed E-state index contributed by atoms with van der Waals surface area (Å²) in [4.78, 5) is 23.7. The van der Waals surface area contributed by atoms with Crippen molar-refractivity contribution >= 4 is 34.5 Å². The SMILES string of the molecule is CCn1c(C2CCN(C(=O)Nc3ccc(OC)c(Cl)c3)C2)nc2cccnc21. The number of fused-ring (bicyclic) bond motifs is 1. The molecule has 1 unspecified atom stereocenters. The normalized spacial score (nSPS) is 16.5. The number of nitrogens with one attached hydrogen (secondary N) is 1. The number of rotatable bonds is 4. The molecule has 1 N–H and O–H groups in total. The van der Waals surface area contributed by atoms with Gasteiger partial charge in [0.2, 0.25) is 0 Å². The van der Waals surface area contributed by atoms with E-state index in [2.05, 4.69) is 21.8 Å². The fourth-order valence-electron chi connectivity index (χ4n) is 3.70. The molecule has 0 radical (unpaired) electrons. The molecule has 1 atom stereocenters. The molecule has 1 saturated heterocycles. The Kier molecular flexibility index (Phi) is 5.09. The van der Waals surface area contributed by atoms with Gasteiger partial charge in [-0.15, -0.1) is 0 Å². The summed E-state index contributed by atoms with van der Waals surface area (Å²) in [5, 5.41) is 3.37. The minimum Gasteiger partial charge on any atom is -0.495 e. The summed E-state index contributed by atoms with van der Waals surface area (Å²) in [6, 6.07) is 8.94. The standard InChI is InChI=1S/C20H22ClN5O2/c1-3-26-18(24-16-5-4-9-22-19(16)26)13-8-10-25(12-13)20(27)23-14-6-7-17(28-2)15(21)11-14/h4-7,9,11,13H,3,8,10,12H2,1-2H3,(H,23,27). The first-order valence-corrected chi connectivity index (χ1v) is 9.69. The van der Waals surface area contributed by atoms with Gasteiger partial charge in [0.1, 0.15) is 17.1 Å². The summed E-state index contributed by atoms with van der Waals surface area (Å²) in [5.41, 5.74) is 2.44. The molecule has 0 saturated carbocycles. The summed E-state index contributed by atoms with van der Waals surface area (Å²) in [6.45, 7) is 4.20. The minimum absolute atomic E-state index is 0.138. The van der Waals surface area contributed by atoms with Crippen LogP contribution in [0.2, 0.25) is 5.02 Å². The zero-order valence-electron chi connectivity index (χ0n) is 15.9. The fourth-order valence-corrected chi connectivity index (χ4v) is 3.96. The third-order valence-corrected chi connectivity index (χ3v) is 5.39. The summed E-state index contributed by atoms with van der Waals surface area (Å²) < 4.78 is 7.29. The maximum absolute atomic E-state index is 12.7. The van der Waals surface area contributed by atoms with Crippen molar-refractivity contribution in [2.24, 2.45) is 0 Å². The predicted octanol–water partition coefficient (Wildman–Crippen LogP) is 4.13. The molecule has 28 heavy (non-hydrogen) atoms. The van der Waals surface area contributed by atoms with Crippen molar-refractivity contribution in [1.29, 1.82) is 0 Å². The molecule has 1 aromatic carbocycles. The second kappa shape index (κ2) is 7.67. The molecule has 2 aromatic heterocycles. The highest BCUT2D eigenvalue weighted by Crippen LogP contribution is 2.30. The Hall–Kier alpha value is -2.80. The van der Waals surface area contributed by atoms with Gasteiger partial charge in [0.15, 0.2) is 5.65 Å². The number of likely N-dealkylation sites (tertiary alicyclic amines) is 1. The summed E-state index contributed by atoms with van der Waals surface area (Å²) in [7, 11) is 1.56. The van der Waals surface area contributed by atoms with Gasteiger partial charge in [0, 0.05) is 37.4 Å². The average Bonchev–Trinajstić information content (AvgIpc) is 3.32. The number of aryl methyl sites for hydroxylation is 1. The molecular formula is C20H22ClN5O2. The highest BCUT2D eigenvalue weighted by Gasteiger charge is 2.31. The lowest BCUT2D eigenvalue weighted by Crippen LogP contribution is -2.33. The van der Waals surface area contributed by atoms with Crippen LogP contribution in [-0.4, -0.2) is 45.7 Å². The predicted molar refractivity (Wildman–Crippen MR) is 109 cm³/mol. The number of nitrogens with zero attached hydrogens (tertiary/aromatic N) is 4. The van der Waals surface area contributed by atoms with Crippen molar-refractivity contribution in [3.63, 3.8) is 0 Å². The number of anilines is 1. The lowest BCUT2D eigenvalue weighted by molar-refractivity contribution is 0.222. The van der Waals surface area contributed by atoms with Gasteiger partial charge >= 0.3 is 6.03 Å². The molecule has 3 aromatic rings. The molecule has 8 heteroatoms. The Morgan fingerprint density at radius 2 is 2.25 bits per heavy atom. The topological polar surface area (TPSA) is 72.3 Å². The van der Waals surface area contributed by atoms with E-state index in [0.29, 0.717) is 29.5 Å². The number of ether oxygens (including phenoxy) is 1. The minimum atomic E-state index is -0.138. The number of urea groups is 1. The van der Waals surface area contributed by atoms with E-state index in [9.17, 15) is 4.79 Å². The number of aromatic nitrogens is 3.